The lowest BCUT2D eigenvalue weighted by molar-refractivity contribution is 0.166. The number of hydrogen-bond acceptors (Lipinski definition) is 2. The fourth-order valence-corrected chi connectivity index (χ4v) is 3.25. The molecule has 0 amide bonds. The average Bonchev–Trinajstić information content (AvgIpc) is 2.37. The maximum Gasteiger partial charge on any atom is 0.130 e. The first-order valence-electron chi connectivity index (χ1n) is 6.53. The predicted octanol–water partition coefficient (Wildman–Crippen LogP) is 3.67. The van der Waals surface area contributed by atoms with Crippen molar-refractivity contribution in [2.75, 3.05) is 26.2 Å². The Morgan fingerprint density at radius 1 is 1.37 bits per heavy atom. The molecule has 0 aromatic heterocycles. The number of benzene rings is 1. The molecular weight excluding hydrogens is 331 g/mol. The highest BCUT2D eigenvalue weighted by molar-refractivity contribution is 9.10. The summed E-state index contributed by atoms with van der Waals surface area (Å²) >= 11 is 3.47. The summed E-state index contributed by atoms with van der Waals surface area (Å²) in [7, 11) is 0. The van der Waals surface area contributed by atoms with Crippen molar-refractivity contribution in [1.82, 2.24) is 10.2 Å². The molecule has 0 unspecified atom stereocenters. The summed E-state index contributed by atoms with van der Waals surface area (Å²) < 4.78 is 15.3. The topological polar surface area (TPSA) is 15.3 Å². The summed E-state index contributed by atoms with van der Waals surface area (Å²) in [5.41, 5.74) is 1.54. The van der Waals surface area contributed by atoms with Crippen molar-refractivity contribution in [2.45, 2.75) is 26.3 Å². The minimum Gasteiger partial charge on any atom is -0.314 e. The van der Waals surface area contributed by atoms with E-state index in [0.29, 0.717) is 5.56 Å². The lowest BCUT2D eigenvalue weighted by Crippen LogP contribution is -2.45. The average molecular weight is 352 g/mol. The lowest BCUT2D eigenvalue weighted by Gasteiger charge is -2.35. The van der Waals surface area contributed by atoms with Gasteiger partial charge >= 0.3 is 0 Å². The summed E-state index contributed by atoms with van der Waals surface area (Å²) in [6, 6.07) is 3.95. The van der Waals surface area contributed by atoms with E-state index in [0.717, 1.165) is 42.6 Å². The van der Waals surface area contributed by atoms with E-state index in [1.807, 2.05) is 19.1 Å². The van der Waals surface area contributed by atoms with Crippen molar-refractivity contribution in [3.05, 3.63) is 33.5 Å². The van der Waals surface area contributed by atoms with E-state index in [1.165, 1.54) is 0 Å². The summed E-state index contributed by atoms with van der Waals surface area (Å²) in [6.45, 7) is 7.92. The van der Waals surface area contributed by atoms with Gasteiger partial charge in [-0.15, -0.1) is 12.4 Å². The van der Waals surface area contributed by atoms with E-state index in [1.54, 1.807) is 0 Å². The van der Waals surface area contributed by atoms with Crippen molar-refractivity contribution in [2.24, 2.45) is 0 Å². The molecule has 1 saturated heterocycles. The summed E-state index contributed by atoms with van der Waals surface area (Å²) in [5.74, 6) is -0.0522. The summed E-state index contributed by atoms with van der Waals surface area (Å²) in [4.78, 5) is 2.38. The molecule has 1 aromatic carbocycles. The Bertz CT molecular complexity index is 422. The Hall–Kier alpha value is -0.160. The van der Waals surface area contributed by atoms with Crippen molar-refractivity contribution in [1.29, 1.82) is 0 Å². The molecule has 1 aromatic rings. The maximum absolute atomic E-state index is 14.3. The van der Waals surface area contributed by atoms with Crippen LogP contribution in [0.3, 0.4) is 0 Å². The van der Waals surface area contributed by atoms with E-state index in [-0.39, 0.29) is 24.3 Å². The zero-order valence-corrected chi connectivity index (χ0v) is 13.8. The van der Waals surface area contributed by atoms with E-state index in [4.69, 9.17) is 0 Å². The molecule has 2 nitrogen and oxygen atoms in total. The van der Waals surface area contributed by atoms with Gasteiger partial charge in [-0.25, -0.2) is 4.39 Å². The minimum absolute atomic E-state index is 0. The zero-order chi connectivity index (χ0) is 13.1. The second kappa shape index (κ2) is 7.58. The monoisotopic (exact) mass is 350 g/mol. The SMILES string of the molecule is CC[C@@H](c1cc(Br)cc(C)c1F)N1CCNCC1.Cl. The van der Waals surface area contributed by atoms with E-state index < -0.39 is 0 Å². The fourth-order valence-electron chi connectivity index (χ4n) is 2.66. The van der Waals surface area contributed by atoms with Gasteiger partial charge in [0.15, 0.2) is 0 Å². The van der Waals surface area contributed by atoms with Crippen LogP contribution in [-0.2, 0) is 0 Å². The number of rotatable bonds is 3. The van der Waals surface area contributed by atoms with Gasteiger partial charge in [0.1, 0.15) is 5.82 Å². The van der Waals surface area contributed by atoms with Crippen LogP contribution in [0.4, 0.5) is 4.39 Å². The van der Waals surface area contributed by atoms with Crippen LogP contribution in [-0.4, -0.2) is 31.1 Å². The van der Waals surface area contributed by atoms with Gasteiger partial charge in [0.25, 0.3) is 0 Å². The standard InChI is InChI=1S/C14H20BrFN2.ClH/c1-3-13(18-6-4-17-5-7-18)12-9-11(15)8-10(2)14(12)16;/h8-9,13,17H,3-7H2,1-2H3;1H/t13-;/m0./s1. The van der Waals surface area contributed by atoms with Crippen molar-refractivity contribution < 1.29 is 4.39 Å². The Balaban J connectivity index is 0.00000180. The number of hydrogen-bond donors (Lipinski definition) is 1. The molecule has 5 heteroatoms. The van der Waals surface area contributed by atoms with Gasteiger partial charge in [-0.2, -0.15) is 0 Å². The second-order valence-corrected chi connectivity index (χ2v) is 5.75. The minimum atomic E-state index is -0.0522. The van der Waals surface area contributed by atoms with Crippen molar-refractivity contribution >= 4 is 28.3 Å². The Labute approximate surface area is 129 Å². The number of aryl methyl sites for hydroxylation is 1. The first kappa shape index (κ1) is 16.9. The third-order valence-electron chi connectivity index (χ3n) is 3.59. The first-order valence-corrected chi connectivity index (χ1v) is 7.33. The number of halogens is 3. The van der Waals surface area contributed by atoms with Gasteiger partial charge in [-0.05, 0) is 31.0 Å². The largest absolute Gasteiger partial charge is 0.314 e. The van der Waals surface area contributed by atoms with E-state index in [9.17, 15) is 4.39 Å². The lowest BCUT2D eigenvalue weighted by atomic mass is 9.99. The van der Waals surface area contributed by atoms with Crippen molar-refractivity contribution in [3.8, 4) is 0 Å². The number of nitrogens with one attached hydrogen (secondary N) is 1. The van der Waals surface area contributed by atoms with E-state index in [2.05, 4.69) is 33.1 Å². The molecule has 1 aliphatic rings. The van der Waals surface area contributed by atoms with Gasteiger partial charge in [0.05, 0.1) is 0 Å². The summed E-state index contributed by atoms with van der Waals surface area (Å²) in [6.07, 6.45) is 0.937. The van der Waals surface area contributed by atoms with Crippen LogP contribution in [0, 0.1) is 12.7 Å². The quantitative estimate of drug-likeness (QED) is 0.894. The maximum atomic E-state index is 14.3. The molecule has 0 saturated carbocycles. The molecule has 0 spiro atoms. The smallest absolute Gasteiger partial charge is 0.130 e. The van der Waals surface area contributed by atoms with Crippen LogP contribution in [0.15, 0.2) is 16.6 Å². The molecule has 1 heterocycles. The predicted molar refractivity (Wildman–Crippen MR) is 83.6 cm³/mol. The van der Waals surface area contributed by atoms with Gasteiger partial charge in [0, 0.05) is 42.3 Å². The van der Waals surface area contributed by atoms with Crippen LogP contribution in [0.1, 0.15) is 30.5 Å². The van der Waals surface area contributed by atoms with Gasteiger partial charge < -0.3 is 5.32 Å². The highest BCUT2D eigenvalue weighted by atomic mass is 79.9. The highest BCUT2D eigenvalue weighted by Gasteiger charge is 2.24. The van der Waals surface area contributed by atoms with Gasteiger partial charge in [0.2, 0.25) is 0 Å². The molecule has 2 rings (SSSR count). The summed E-state index contributed by atoms with van der Waals surface area (Å²) in [5, 5.41) is 3.34. The zero-order valence-electron chi connectivity index (χ0n) is 11.4. The Kier molecular flexibility index (Phi) is 6.74. The normalized spacial score (nSPS) is 17.9. The number of piperazine rings is 1. The molecule has 19 heavy (non-hydrogen) atoms. The Morgan fingerprint density at radius 3 is 2.58 bits per heavy atom. The van der Waals surface area contributed by atoms with Crippen LogP contribution >= 0.6 is 28.3 Å². The van der Waals surface area contributed by atoms with Crippen LogP contribution < -0.4 is 5.32 Å². The second-order valence-electron chi connectivity index (χ2n) is 4.84. The van der Waals surface area contributed by atoms with Crippen LogP contribution in [0.2, 0.25) is 0 Å². The number of nitrogens with zero attached hydrogens (tertiary/aromatic N) is 1. The molecule has 1 N–H and O–H groups in total. The molecule has 0 aliphatic carbocycles. The molecule has 0 bridgehead atoms. The van der Waals surface area contributed by atoms with Gasteiger partial charge in [-0.3, -0.25) is 4.90 Å². The van der Waals surface area contributed by atoms with E-state index >= 15 is 0 Å². The third-order valence-corrected chi connectivity index (χ3v) is 4.04. The molecular formula is C14H21BrClFN2. The fraction of sp³-hybridized carbons (Fsp3) is 0.571. The highest BCUT2D eigenvalue weighted by Crippen LogP contribution is 2.30. The first-order chi connectivity index (χ1) is 8.63. The molecule has 108 valence electrons. The third kappa shape index (κ3) is 3.91. The molecule has 1 atom stereocenters. The molecule has 1 fully saturated rings. The van der Waals surface area contributed by atoms with Crippen molar-refractivity contribution in [3.63, 3.8) is 0 Å². The van der Waals surface area contributed by atoms with Crippen LogP contribution in [0.5, 0.6) is 0 Å². The Morgan fingerprint density at radius 2 is 2.00 bits per heavy atom. The van der Waals surface area contributed by atoms with Crippen LogP contribution in [0.25, 0.3) is 0 Å². The van der Waals surface area contributed by atoms with Gasteiger partial charge in [-0.1, -0.05) is 22.9 Å². The molecule has 0 radical (unpaired) electrons. The molecule has 1 aliphatic heterocycles.